The first-order valence-corrected chi connectivity index (χ1v) is 11.6. The van der Waals surface area contributed by atoms with E-state index in [1.165, 1.54) is 0 Å². The van der Waals surface area contributed by atoms with Crippen LogP contribution >= 0.6 is 23.2 Å². The third-order valence-corrected chi connectivity index (χ3v) is 8.19. The second-order valence-corrected chi connectivity index (χ2v) is 10.2. The fourth-order valence-electron chi connectivity index (χ4n) is 5.09. The zero-order chi connectivity index (χ0) is 20.8. The van der Waals surface area contributed by atoms with Gasteiger partial charge in [0.1, 0.15) is 0 Å². The third-order valence-electron chi connectivity index (χ3n) is 7.40. The Morgan fingerprint density at radius 2 is 1.79 bits per heavy atom. The van der Waals surface area contributed by atoms with Crippen LogP contribution in [0.4, 0.5) is 0 Å². The molecule has 0 spiro atoms. The van der Waals surface area contributed by atoms with Crippen molar-refractivity contribution >= 4 is 35.0 Å². The molecule has 0 aromatic rings. The van der Waals surface area contributed by atoms with Gasteiger partial charge >= 0.3 is 0 Å². The van der Waals surface area contributed by atoms with Crippen LogP contribution in [0.15, 0.2) is 22.2 Å². The van der Waals surface area contributed by atoms with Crippen molar-refractivity contribution in [2.75, 3.05) is 33.2 Å². The van der Waals surface area contributed by atoms with Crippen molar-refractivity contribution in [3.63, 3.8) is 0 Å². The molecular weight excluding hydrogens is 409 g/mol. The molecule has 4 rings (SSSR count). The van der Waals surface area contributed by atoms with Crippen LogP contribution in [0.25, 0.3) is 0 Å². The maximum atomic E-state index is 13.2. The van der Waals surface area contributed by atoms with E-state index in [0.29, 0.717) is 35.0 Å². The van der Waals surface area contributed by atoms with Crippen molar-refractivity contribution in [3.05, 3.63) is 22.2 Å². The van der Waals surface area contributed by atoms with E-state index in [9.17, 15) is 9.59 Å². The molecule has 0 aromatic carbocycles. The average Bonchev–Trinajstić information content (AvgIpc) is 3.34. The molecule has 0 radical (unpaired) electrons. The molecule has 5 nitrogen and oxygen atoms in total. The zero-order valence-corrected chi connectivity index (χ0v) is 18.8. The number of hydrogen-bond donors (Lipinski definition) is 1. The number of nitrogens with one attached hydrogen (secondary N) is 1. The lowest BCUT2D eigenvalue weighted by molar-refractivity contribution is -0.142. The minimum atomic E-state index is -0.120. The summed E-state index contributed by atoms with van der Waals surface area (Å²) in [5, 5.41) is 4.63. The van der Waals surface area contributed by atoms with E-state index >= 15 is 0 Å². The normalized spacial score (nSPS) is 32.1. The highest BCUT2D eigenvalue weighted by atomic mass is 35.5. The second kappa shape index (κ2) is 8.24. The number of hydrogen-bond acceptors (Lipinski definition) is 3. The molecule has 160 valence electrons. The Morgan fingerprint density at radius 1 is 1.10 bits per heavy atom. The Bertz CT molecular complexity index is 738. The molecule has 1 N–H and O–H groups in total. The minimum Gasteiger partial charge on any atom is -0.342 e. The van der Waals surface area contributed by atoms with Crippen molar-refractivity contribution < 1.29 is 9.59 Å². The summed E-state index contributed by atoms with van der Waals surface area (Å²) in [5.41, 5.74) is -0.120. The largest absolute Gasteiger partial charge is 0.342 e. The first-order valence-electron chi connectivity index (χ1n) is 10.8. The lowest BCUT2D eigenvalue weighted by atomic mass is 9.84. The van der Waals surface area contributed by atoms with Crippen LogP contribution in [-0.4, -0.2) is 60.9 Å². The van der Waals surface area contributed by atoms with Gasteiger partial charge in [-0.25, -0.2) is 0 Å². The lowest BCUT2D eigenvalue weighted by Crippen LogP contribution is -2.46. The van der Waals surface area contributed by atoms with Gasteiger partial charge in [-0.3, -0.25) is 9.59 Å². The number of allylic oxidation sites excluding steroid dienone is 4. The summed E-state index contributed by atoms with van der Waals surface area (Å²) in [7, 11) is 1.96. The number of rotatable bonds is 4. The van der Waals surface area contributed by atoms with Gasteiger partial charge in [-0.15, -0.1) is 0 Å². The van der Waals surface area contributed by atoms with Crippen LogP contribution in [0.5, 0.6) is 0 Å². The summed E-state index contributed by atoms with van der Waals surface area (Å²) >= 11 is 12.4. The first kappa shape index (κ1) is 21.2. The van der Waals surface area contributed by atoms with Crippen molar-refractivity contribution in [1.82, 2.24) is 15.1 Å². The van der Waals surface area contributed by atoms with Gasteiger partial charge in [-0.1, -0.05) is 42.3 Å². The number of halogens is 2. The highest BCUT2D eigenvalue weighted by molar-refractivity contribution is 6.44. The third kappa shape index (κ3) is 4.24. The first-order chi connectivity index (χ1) is 13.8. The van der Waals surface area contributed by atoms with Gasteiger partial charge in [0.05, 0.1) is 10.1 Å². The van der Waals surface area contributed by atoms with Crippen molar-refractivity contribution in [1.29, 1.82) is 0 Å². The predicted octanol–water partition coefficient (Wildman–Crippen LogP) is 3.34. The molecule has 0 aromatic heterocycles. The van der Waals surface area contributed by atoms with Gasteiger partial charge in [0, 0.05) is 49.5 Å². The fourth-order valence-corrected chi connectivity index (χ4v) is 5.48. The van der Waals surface area contributed by atoms with Crippen LogP contribution in [0.2, 0.25) is 0 Å². The van der Waals surface area contributed by atoms with Gasteiger partial charge in [0.2, 0.25) is 11.8 Å². The van der Waals surface area contributed by atoms with Gasteiger partial charge in [-0.2, -0.15) is 0 Å². The van der Waals surface area contributed by atoms with Crippen LogP contribution < -0.4 is 5.32 Å². The predicted molar refractivity (Wildman–Crippen MR) is 116 cm³/mol. The summed E-state index contributed by atoms with van der Waals surface area (Å²) in [6.07, 6.45) is 8.46. The van der Waals surface area contributed by atoms with Crippen molar-refractivity contribution in [2.45, 2.75) is 45.1 Å². The van der Waals surface area contributed by atoms with Gasteiger partial charge < -0.3 is 15.1 Å². The molecule has 2 aliphatic heterocycles. The molecule has 1 unspecified atom stereocenters. The number of likely N-dealkylation sites (N-methyl/N-ethyl adjacent to an activating group) is 1. The highest BCUT2D eigenvalue weighted by Crippen LogP contribution is 2.47. The molecule has 3 atom stereocenters. The van der Waals surface area contributed by atoms with E-state index < -0.39 is 0 Å². The van der Waals surface area contributed by atoms with Crippen LogP contribution in [0, 0.1) is 23.2 Å². The molecule has 2 amide bonds. The molecule has 7 heteroatoms. The number of carbonyl (C=O) groups excluding carboxylic acids is 2. The van der Waals surface area contributed by atoms with E-state index in [0.717, 1.165) is 45.2 Å². The quantitative estimate of drug-likeness (QED) is 0.730. The fraction of sp³-hybridized carbons (Fsp3) is 0.727. The summed E-state index contributed by atoms with van der Waals surface area (Å²) in [5.74, 6) is 1.18. The van der Waals surface area contributed by atoms with Crippen LogP contribution in [-0.2, 0) is 9.59 Å². The van der Waals surface area contributed by atoms with Crippen molar-refractivity contribution in [2.24, 2.45) is 23.2 Å². The zero-order valence-electron chi connectivity index (χ0n) is 17.3. The molecular formula is C22H31Cl2N3O2. The molecule has 2 aliphatic carbocycles. The molecule has 2 saturated heterocycles. The van der Waals surface area contributed by atoms with Crippen molar-refractivity contribution in [3.8, 4) is 0 Å². The number of likely N-dealkylation sites (tertiary alicyclic amines) is 2. The maximum absolute atomic E-state index is 13.2. The Balaban J connectivity index is 1.34. The number of piperidine rings is 1. The number of nitrogens with zero attached hydrogens (tertiary/aromatic N) is 2. The van der Waals surface area contributed by atoms with E-state index in [1.54, 1.807) is 0 Å². The average molecular weight is 440 g/mol. The molecule has 3 fully saturated rings. The molecule has 4 aliphatic rings. The monoisotopic (exact) mass is 439 g/mol. The van der Waals surface area contributed by atoms with E-state index in [4.69, 9.17) is 23.2 Å². The molecule has 2 heterocycles. The molecule has 1 saturated carbocycles. The van der Waals surface area contributed by atoms with Gasteiger partial charge in [0.15, 0.2) is 0 Å². The SMILES string of the molecule is CN[C@@H]1CN(C(=O)C2CCN(C(=O)C3(C)CC3)CC2)C[C@H]1C1C=C(Cl)C(Cl)=CC1. The van der Waals surface area contributed by atoms with E-state index in [1.807, 2.05) is 22.9 Å². The maximum Gasteiger partial charge on any atom is 0.228 e. The number of carbonyl (C=O) groups is 2. The summed E-state index contributed by atoms with van der Waals surface area (Å²) in [6, 6.07) is 0.256. The van der Waals surface area contributed by atoms with E-state index in [2.05, 4.69) is 18.3 Å². The Morgan fingerprint density at radius 3 is 2.38 bits per heavy atom. The Labute approximate surface area is 183 Å². The summed E-state index contributed by atoms with van der Waals surface area (Å²) < 4.78 is 0. The second-order valence-electron chi connectivity index (χ2n) is 9.40. The van der Waals surface area contributed by atoms with Crippen LogP contribution in [0.3, 0.4) is 0 Å². The smallest absolute Gasteiger partial charge is 0.228 e. The topological polar surface area (TPSA) is 52.7 Å². The molecule has 0 bridgehead atoms. The summed E-state index contributed by atoms with van der Waals surface area (Å²) in [4.78, 5) is 29.8. The van der Waals surface area contributed by atoms with Gasteiger partial charge in [-0.05, 0) is 45.1 Å². The minimum absolute atomic E-state index is 0.0298. The summed E-state index contributed by atoms with van der Waals surface area (Å²) in [6.45, 7) is 4.96. The Hall–Kier alpha value is -1.04. The van der Waals surface area contributed by atoms with E-state index in [-0.39, 0.29) is 29.2 Å². The number of amides is 2. The van der Waals surface area contributed by atoms with Crippen LogP contribution in [0.1, 0.15) is 39.0 Å². The van der Waals surface area contributed by atoms with Gasteiger partial charge in [0.25, 0.3) is 0 Å². The standard InChI is InChI=1S/C22H31Cl2N3O2/c1-22(7-8-22)21(29)26-9-5-14(6-10-26)20(28)27-12-16(19(13-27)25-2)15-3-4-17(23)18(24)11-15/h4,11,14-16,19,25H,3,5-10,12-13H2,1-2H3/t15?,16-,19+/m0/s1. The Kier molecular flexibility index (Phi) is 6.02. The lowest BCUT2D eigenvalue weighted by Gasteiger charge is -2.34. The highest BCUT2D eigenvalue weighted by Gasteiger charge is 2.48. The molecule has 29 heavy (non-hydrogen) atoms.